The summed E-state index contributed by atoms with van der Waals surface area (Å²) >= 11 is 16.6. The van der Waals surface area contributed by atoms with Crippen molar-refractivity contribution in [2.45, 2.75) is 6.61 Å². The second-order valence-electron chi connectivity index (χ2n) is 6.91. The zero-order chi connectivity index (χ0) is 23.5. The summed E-state index contributed by atoms with van der Waals surface area (Å²) in [4.78, 5) is 16.7. The summed E-state index contributed by atoms with van der Waals surface area (Å²) in [5.41, 5.74) is 2.42. The highest BCUT2D eigenvalue weighted by atomic mass is 127. The van der Waals surface area contributed by atoms with Gasteiger partial charge in [0, 0.05) is 8.59 Å². The molecule has 0 bridgehead atoms. The summed E-state index contributed by atoms with van der Waals surface area (Å²) in [6.45, 7) is 0.408. The lowest BCUT2D eigenvalue weighted by Crippen LogP contribution is -2.06. The molecule has 0 spiro atoms. The molecule has 9 heteroatoms. The van der Waals surface area contributed by atoms with Gasteiger partial charge < -0.3 is 14.2 Å². The number of hydrogen-bond donors (Lipinski definition) is 0. The maximum atomic E-state index is 12.4. The summed E-state index contributed by atoms with van der Waals surface area (Å²) in [6, 6.07) is 16.7. The van der Waals surface area contributed by atoms with Crippen LogP contribution >= 0.6 is 68.4 Å². The molecule has 0 atom stereocenters. The van der Waals surface area contributed by atoms with E-state index in [9.17, 15) is 4.79 Å². The molecule has 0 saturated carbocycles. The molecule has 1 heterocycles. The van der Waals surface area contributed by atoms with E-state index < -0.39 is 5.97 Å². The van der Waals surface area contributed by atoms with E-state index in [0.717, 1.165) is 18.3 Å². The molecule has 33 heavy (non-hydrogen) atoms. The van der Waals surface area contributed by atoms with Crippen LogP contribution in [0.2, 0.25) is 10.0 Å². The predicted molar refractivity (Wildman–Crippen MR) is 146 cm³/mol. The summed E-state index contributed by atoms with van der Waals surface area (Å²) in [5.74, 6) is 0.747. The summed E-state index contributed by atoms with van der Waals surface area (Å²) in [7, 11) is 1.57. The SMILES string of the molecule is COc1cc(/C=C2\N=C(c3ccc(Cl)cc3Cl)OC2=O)cc(I)c1OCc1ccc(I)cc1. The molecule has 3 aromatic carbocycles. The first-order chi connectivity index (χ1) is 15.8. The van der Waals surface area contributed by atoms with Gasteiger partial charge in [-0.3, -0.25) is 0 Å². The highest BCUT2D eigenvalue weighted by molar-refractivity contribution is 14.1. The van der Waals surface area contributed by atoms with Crippen molar-refractivity contribution in [2.24, 2.45) is 4.99 Å². The standard InChI is InChI=1S/C24H15Cl2I2NO4/c1-31-21-10-14(8-19(28)22(21)32-12-13-2-5-16(27)6-3-13)9-20-24(30)33-23(29-20)17-7-4-15(25)11-18(17)26/h2-11H,12H2,1H3/b20-9-. The Balaban J connectivity index is 1.60. The van der Waals surface area contributed by atoms with Crippen molar-refractivity contribution in [2.75, 3.05) is 7.11 Å². The van der Waals surface area contributed by atoms with Gasteiger partial charge in [0.1, 0.15) is 6.61 Å². The first kappa shape index (κ1) is 24.3. The van der Waals surface area contributed by atoms with Crippen molar-refractivity contribution in [3.8, 4) is 11.5 Å². The van der Waals surface area contributed by atoms with Crippen LogP contribution in [-0.2, 0) is 16.1 Å². The van der Waals surface area contributed by atoms with Crippen molar-refractivity contribution < 1.29 is 19.0 Å². The fourth-order valence-electron chi connectivity index (χ4n) is 3.04. The third-order valence-electron chi connectivity index (χ3n) is 4.63. The first-order valence-electron chi connectivity index (χ1n) is 9.57. The van der Waals surface area contributed by atoms with Crippen molar-refractivity contribution in [1.29, 1.82) is 0 Å². The summed E-state index contributed by atoms with van der Waals surface area (Å²) < 4.78 is 18.9. The molecule has 168 valence electrons. The van der Waals surface area contributed by atoms with Gasteiger partial charge in [-0.05, 0) is 105 Å². The van der Waals surface area contributed by atoms with Crippen molar-refractivity contribution in [1.82, 2.24) is 0 Å². The number of methoxy groups -OCH3 is 1. The summed E-state index contributed by atoms with van der Waals surface area (Å²) in [5, 5.41) is 0.830. The Labute approximate surface area is 228 Å². The predicted octanol–water partition coefficient (Wildman–Crippen LogP) is 7.13. The molecule has 1 aliphatic rings. The van der Waals surface area contributed by atoms with E-state index in [4.69, 9.17) is 37.4 Å². The Hall–Kier alpha value is -1.82. The molecule has 0 N–H and O–H groups in total. The minimum absolute atomic E-state index is 0.132. The van der Waals surface area contributed by atoms with Crippen LogP contribution in [0.5, 0.6) is 11.5 Å². The van der Waals surface area contributed by atoms with E-state index in [0.29, 0.717) is 33.7 Å². The molecular weight excluding hydrogens is 691 g/mol. The Kier molecular flexibility index (Phi) is 7.83. The fourth-order valence-corrected chi connectivity index (χ4v) is 4.67. The largest absolute Gasteiger partial charge is 0.493 e. The number of nitrogens with zero attached hydrogens (tertiary/aromatic N) is 1. The lowest BCUT2D eigenvalue weighted by Gasteiger charge is -2.14. The maximum absolute atomic E-state index is 12.4. The van der Waals surface area contributed by atoms with Crippen LogP contribution in [-0.4, -0.2) is 19.0 Å². The molecule has 0 saturated heterocycles. The smallest absolute Gasteiger partial charge is 0.363 e. The third kappa shape index (κ3) is 5.82. The van der Waals surface area contributed by atoms with Gasteiger partial charge in [0.25, 0.3) is 0 Å². The second-order valence-corrected chi connectivity index (χ2v) is 10.2. The lowest BCUT2D eigenvalue weighted by atomic mass is 10.1. The van der Waals surface area contributed by atoms with E-state index in [1.165, 1.54) is 0 Å². The van der Waals surface area contributed by atoms with Crippen molar-refractivity contribution >= 4 is 86.3 Å². The van der Waals surface area contributed by atoms with Gasteiger partial charge in [0.15, 0.2) is 17.2 Å². The molecule has 0 unspecified atom stereocenters. The van der Waals surface area contributed by atoms with Gasteiger partial charge in [0.2, 0.25) is 5.90 Å². The zero-order valence-electron chi connectivity index (χ0n) is 17.1. The van der Waals surface area contributed by atoms with Crippen LogP contribution in [0.25, 0.3) is 6.08 Å². The van der Waals surface area contributed by atoms with E-state index in [2.05, 4.69) is 50.2 Å². The van der Waals surface area contributed by atoms with Crippen LogP contribution in [0.1, 0.15) is 16.7 Å². The number of carbonyl (C=O) groups is 1. The van der Waals surface area contributed by atoms with Crippen LogP contribution < -0.4 is 9.47 Å². The van der Waals surface area contributed by atoms with Crippen LogP contribution in [0, 0.1) is 7.14 Å². The molecule has 0 amide bonds. The van der Waals surface area contributed by atoms with Crippen LogP contribution in [0.4, 0.5) is 0 Å². The van der Waals surface area contributed by atoms with Gasteiger partial charge >= 0.3 is 5.97 Å². The van der Waals surface area contributed by atoms with Gasteiger partial charge in [-0.1, -0.05) is 35.3 Å². The Morgan fingerprint density at radius 2 is 1.82 bits per heavy atom. The zero-order valence-corrected chi connectivity index (χ0v) is 22.9. The minimum atomic E-state index is -0.566. The number of esters is 1. The molecular formula is C24H15Cl2I2NO4. The highest BCUT2D eigenvalue weighted by Gasteiger charge is 2.26. The number of benzene rings is 3. The van der Waals surface area contributed by atoms with E-state index >= 15 is 0 Å². The third-order valence-corrected chi connectivity index (χ3v) is 6.70. The molecule has 1 aliphatic heterocycles. The van der Waals surface area contributed by atoms with Gasteiger partial charge in [-0.25, -0.2) is 9.79 Å². The number of carbonyl (C=O) groups excluding carboxylic acids is 1. The van der Waals surface area contributed by atoms with Crippen LogP contribution in [0.3, 0.4) is 0 Å². The molecule has 0 fully saturated rings. The van der Waals surface area contributed by atoms with Crippen LogP contribution in [0.15, 0.2) is 65.3 Å². The number of rotatable bonds is 6. The average molecular weight is 706 g/mol. The topological polar surface area (TPSA) is 57.1 Å². The number of aliphatic imine (C=N–C) groups is 1. The average Bonchev–Trinajstić information content (AvgIpc) is 3.13. The molecule has 5 nitrogen and oxygen atoms in total. The number of hydrogen-bond acceptors (Lipinski definition) is 5. The Bertz CT molecular complexity index is 1290. The Morgan fingerprint density at radius 3 is 2.52 bits per heavy atom. The summed E-state index contributed by atoms with van der Waals surface area (Å²) in [6.07, 6.45) is 1.63. The van der Waals surface area contributed by atoms with E-state index in [1.807, 2.05) is 30.3 Å². The number of halogens is 4. The number of cyclic esters (lactones) is 1. The maximum Gasteiger partial charge on any atom is 0.363 e. The number of ether oxygens (including phenoxy) is 3. The first-order valence-corrected chi connectivity index (χ1v) is 12.5. The highest BCUT2D eigenvalue weighted by Crippen LogP contribution is 2.36. The molecule has 0 aliphatic carbocycles. The molecule has 3 aromatic rings. The quantitative estimate of drug-likeness (QED) is 0.156. The van der Waals surface area contributed by atoms with E-state index in [-0.39, 0.29) is 11.6 Å². The van der Waals surface area contributed by atoms with Crippen molar-refractivity contribution in [3.05, 3.63) is 94.2 Å². The van der Waals surface area contributed by atoms with Gasteiger partial charge in [-0.2, -0.15) is 0 Å². The molecule has 4 rings (SSSR count). The molecule has 0 aromatic heterocycles. The fraction of sp³-hybridized carbons (Fsp3) is 0.0833. The second kappa shape index (κ2) is 10.6. The monoisotopic (exact) mass is 705 g/mol. The Morgan fingerprint density at radius 1 is 1.06 bits per heavy atom. The van der Waals surface area contributed by atoms with Gasteiger partial charge in [0.05, 0.1) is 21.3 Å². The lowest BCUT2D eigenvalue weighted by molar-refractivity contribution is -0.129. The van der Waals surface area contributed by atoms with Crippen molar-refractivity contribution in [3.63, 3.8) is 0 Å². The van der Waals surface area contributed by atoms with Gasteiger partial charge in [-0.15, -0.1) is 0 Å². The normalized spacial score (nSPS) is 14.3. The van der Waals surface area contributed by atoms with E-state index in [1.54, 1.807) is 37.5 Å². The molecule has 0 radical (unpaired) electrons. The minimum Gasteiger partial charge on any atom is -0.493 e.